The number of thiazole rings is 1. The van der Waals surface area contributed by atoms with E-state index in [1.807, 2.05) is 0 Å². The van der Waals surface area contributed by atoms with Gasteiger partial charge in [-0.05, 0) is 13.0 Å². The number of rotatable bonds is 5. The van der Waals surface area contributed by atoms with E-state index in [1.165, 1.54) is 36.8 Å². The molecular weight excluding hydrogens is 272 g/mol. The third kappa shape index (κ3) is 4.43. The molecule has 1 aromatic rings. The molecule has 0 N–H and O–H groups in total. The molecule has 0 spiro atoms. The highest BCUT2D eigenvalue weighted by Gasteiger charge is 2.15. The zero-order valence-electron chi connectivity index (χ0n) is 10.2. The molecule has 96 valence electrons. The van der Waals surface area contributed by atoms with Gasteiger partial charge in [0, 0.05) is 35.9 Å². The molecule has 1 atom stereocenters. The lowest BCUT2D eigenvalue weighted by atomic mass is 10.3. The van der Waals surface area contributed by atoms with Crippen molar-refractivity contribution in [1.29, 1.82) is 0 Å². The summed E-state index contributed by atoms with van der Waals surface area (Å²) < 4.78 is 0. The van der Waals surface area contributed by atoms with E-state index in [-0.39, 0.29) is 0 Å². The van der Waals surface area contributed by atoms with E-state index in [0.717, 1.165) is 17.4 Å². The minimum atomic E-state index is 0.539. The molecule has 1 unspecified atom stereocenters. The maximum absolute atomic E-state index is 5.75. The van der Waals surface area contributed by atoms with Crippen LogP contribution in [-0.4, -0.2) is 40.5 Å². The summed E-state index contributed by atoms with van der Waals surface area (Å²) in [6.07, 6.45) is 2.31. The Morgan fingerprint density at radius 1 is 1.59 bits per heavy atom. The van der Waals surface area contributed by atoms with Gasteiger partial charge >= 0.3 is 0 Å². The number of hydrogen-bond donors (Lipinski definition) is 0. The van der Waals surface area contributed by atoms with Crippen LogP contribution in [0.3, 0.4) is 0 Å². The predicted molar refractivity (Wildman–Crippen MR) is 78.4 cm³/mol. The zero-order chi connectivity index (χ0) is 12.1. The van der Waals surface area contributed by atoms with Gasteiger partial charge in [0.2, 0.25) is 0 Å². The van der Waals surface area contributed by atoms with Crippen molar-refractivity contribution in [3.8, 4) is 0 Å². The molecule has 5 heteroatoms. The van der Waals surface area contributed by atoms with E-state index < -0.39 is 0 Å². The summed E-state index contributed by atoms with van der Waals surface area (Å²) in [5.41, 5.74) is 1.02. The van der Waals surface area contributed by atoms with Crippen molar-refractivity contribution < 1.29 is 0 Å². The third-order valence-electron chi connectivity index (χ3n) is 2.93. The van der Waals surface area contributed by atoms with Crippen LogP contribution in [0.5, 0.6) is 0 Å². The van der Waals surface area contributed by atoms with Crippen LogP contribution in [0, 0.1) is 0 Å². The van der Waals surface area contributed by atoms with Crippen molar-refractivity contribution in [1.82, 2.24) is 9.88 Å². The Labute approximate surface area is 117 Å². The molecule has 0 aromatic carbocycles. The van der Waals surface area contributed by atoms with Crippen molar-refractivity contribution in [2.75, 3.05) is 25.4 Å². The summed E-state index contributed by atoms with van der Waals surface area (Å²) in [5.74, 6) is 1.83. The predicted octanol–water partition coefficient (Wildman–Crippen LogP) is 3.25. The fraction of sp³-hybridized carbons (Fsp3) is 0.750. The first-order valence-electron chi connectivity index (χ1n) is 6.11. The monoisotopic (exact) mass is 290 g/mol. The van der Waals surface area contributed by atoms with Crippen molar-refractivity contribution in [3.05, 3.63) is 16.1 Å². The van der Waals surface area contributed by atoms with Crippen molar-refractivity contribution >= 4 is 34.7 Å². The maximum atomic E-state index is 5.75. The lowest BCUT2D eigenvalue weighted by Crippen LogP contribution is -2.37. The molecule has 0 bridgehead atoms. The quantitative estimate of drug-likeness (QED) is 0.775. The van der Waals surface area contributed by atoms with Crippen LogP contribution in [0.15, 0.2) is 5.38 Å². The standard InChI is InChI=1S/C12H19ClN2S2/c1-10-8-15(5-6-16-10)4-2-3-12-14-11(7-13)9-17-12/h9-10H,2-8H2,1H3. The number of aromatic nitrogens is 1. The fourth-order valence-corrected chi connectivity index (χ4v) is 4.22. The zero-order valence-corrected chi connectivity index (χ0v) is 12.6. The van der Waals surface area contributed by atoms with Gasteiger partial charge in [-0.3, -0.25) is 0 Å². The first-order chi connectivity index (χ1) is 8.28. The van der Waals surface area contributed by atoms with Crippen LogP contribution in [0.2, 0.25) is 0 Å². The largest absolute Gasteiger partial charge is 0.301 e. The van der Waals surface area contributed by atoms with Gasteiger partial charge in [0.05, 0.1) is 16.6 Å². The number of alkyl halides is 1. The Morgan fingerprint density at radius 3 is 3.18 bits per heavy atom. The molecule has 0 amide bonds. The smallest absolute Gasteiger partial charge is 0.0929 e. The molecule has 0 radical (unpaired) electrons. The molecule has 0 aliphatic carbocycles. The van der Waals surface area contributed by atoms with E-state index in [0.29, 0.717) is 5.88 Å². The summed E-state index contributed by atoms with van der Waals surface area (Å²) in [4.78, 5) is 7.07. The second-order valence-electron chi connectivity index (χ2n) is 4.45. The maximum Gasteiger partial charge on any atom is 0.0929 e. The van der Waals surface area contributed by atoms with Gasteiger partial charge in [-0.25, -0.2) is 4.98 Å². The average molecular weight is 291 g/mol. The van der Waals surface area contributed by atoms with Crippen LogP contribution < -0.4 is 0 Å². The molecule has 17 heavy (non-hydrogen) atoms. The topological polar surface area (TPSA) is 16.1 Å². The number of thioether (sulfide) groups is 1. The van der Waals surface area contributed by atoms with E-state index >= 15 is 0 Å². The van der Waals surface area contributed by atoms with Crippen molar-refractivity contribution in [3.63, 3.8) is 0 Å². The summed E-state index contributed by atoms with van der Waals surface area (Å²) >= 11 is 9.58. The normalized spacial score (nSPS) is 21.9. The molecule has 1 saturated heterocycles. The highest BCUT2D eigenvalue weighted by molar-refractivity contribution is 7.99. The van der Waals surface area contributed by atoms with Gasteiger partial charge in [-0.1, -0.05) is 6.92 Å². The summed E-state index contributed by atoms with van der Waals surface area (Å²) in [6, 6.07) is 0. The molecule has 2 nitrogen and oxygen atoms in total. The third-order valence-corrected chi connectivity index (χ3v) is 5.29. The Morgan fingerprint density at radius 2 is 2.47 bits per heavy atom. The van der Waals surface area contributed by atoms with Gasteiger partial charge in [0.15, 0.2) is 0 Å². The molecule has 1 aliphatic rings. The SMILES string of the molecule is CC1CN(CCCc2nc(CCl)cs2)CCS1. The molecule has 1 fully saturated rings. The van der Waals surface area contributed by atoms with E-state index in [4.69, 9.17) is 11.6 Å². The first-order valence-corrected chi connectivity index (χ1v) is 8.57. The number of aryl methyl sites for hydroxylation is 1. The van der Waals surface area contributed by atoms with Crippen LogP contribution in [0.4, 0.5) is 0 Å². The van der Waals surface area contributed by atoms with E-state index in [2.05, 4.69) is 33.9 Å². The van der Waals surface area contributed by atoms with Crippen LogP contribution >= 0.6 is 34.7 Å². The molecule has 1 aliphatic heterocycles. The van der Waals surface area contributed by atoms with Crippen LogP contribution in [-0.2, 0) is 12.3 Å². The van der Waals surface area contributed by atoms with Gasteiger partial charge in [0.1, 0.15) is 0 Å². The molecule has 0 saturated carbocycles. The highest BCUT2D eigenvalue weighted by atomic mass is 35.5. The molecule has 2 heterocycles. The lowest BCUT2D eigenvalue weighted by molar-refractivity contribution is 0.283. The summed E-state index contributed by atoms with van der Waals surface area (Å²) in [5, 5.41) is 4.11. The molecular formula is C12H19ClN2S2. The average Bonchev–Trinajstić information content (AvgIpc) is 2.77. The van der Waals surface area contributed by atoms with Crippen LogP contribution in [0.25, 0.3) is 0 Å². The van der Waals surface area contributed by atoms with Crippen molar-refractivity contribution in [2.24, 2.45) is 0 Å². The summed E-state index contributed by atoms with van der Waals surface area (Å²) in [6.45, 7) is 6.03. The van der Waals surface area contributed by atoms with Gasteiger partial charge < -0.3 is 4.90 Å². The Kier molecular flexibility index (Phi) is 5.60. The number of nitrogens with zero attached hydrogens (tertiary/aromatic N) is 2. The second-order valence-corrected chi connectivity index (χ2v) is 7.21. The first kappa shape index (κ1) is 13.7. The van der Waals surface area contributed by atoms with Gasteiger partial charge in [-0.2, -0.15) is 11.8 Å². The Bertz CT molecular complexity index is 343. The van der Waals surface area contributed by atoms with Gasteiger partial charge in [0.25, 0.3) is 0 Å². The Hall–Kier alpha value is 0.230. The number of halogens is 1. The van der Waals surface area contributed by atoms with Gasteiger partial charge in [-0.15, -0.1) is 22.9 Å². The highest BCUT2D eigenvalue weighted by Crippen LogP contribution is 2.18. The molecule has 2 rings (SSSR count). The fourth-order valence-electron chi connectivity index (χ4n) is 2.07. The molecule has 1 aromatic heterocycles. The van der Waals surface area contributed by atoms with Crippen LogP contribution in [0.1, 0.15) is 24.0 Å². The van der Waals surface area contributed by atoms with E-state index in [1.54, 1.807) is 11.3 Å². The second kappa shape index (κ2) is 6.98. The van der Waals surface area contributed by atoms with E-state index in [9.17, 15) is 0 Å². The minimum absolute atomic E-state index is 0.539. The summed E-state index contributed by atoms with van der Waals surface area (Å²) in [7, 11) is 0. The van der Waals surface area contributed by atoms with Crippen molar-refractivity contribution in [2.45, 2.75) is 30.9 Å². The lowest BCUT2D eigenvalue weighted by Gasteiger charge is -2.30. The number of hydrogen-bond acceptors (Lipinski definition) is 4. The minimum Gasteiger partial charge on any atom is -0.301 e. The Balaban J connectivity index is 1.68.